The Kier molecular flexibility index (Phi) is 5.88. The lowest BCUT2D eigenvalue weighted by atomic mass is 10.1. The quantitative estimate of drug-likeness (QED) is 0.769. The van der Waals surface area contributed by atoms with E-state index in [1.165, 1.54) is 11.4 Å². The molecule has 0 unspecified atom stereocenters. The van der Waals surface area contributed by atoms with Crippen LogP contribution in [0, 0.1) is 0 Å². The minimum atomic E-state index is -3.56. The second kappa shape index (κ2) is 8.20. The van der Waals surface area contributed by atoms with Crippen molar-refractivity contribution in [1.29, 1.82) is 0 Å². The maximum Gasteiger partial charge on any atom is 0.263 e. The van der Waals surface area contributed by atoms with Crippen LogP contribution in [0.15, 0.2) is 42.5 Å². The monoisotopic (exact) mass is 420 g/mol. The standard InChI is InChI=1S/C20H24N2O6S/c1-13(14-9-10-17(26-2)18(11-14)27-3)21-20(23)19-12-22(29(4,24)25)15-7-5-6-8-16(15)28-19/h5-11,13,19H,12H2,1-4H3,(H,21,23)/t13-,19+/m0/s1. The minimum Gasteiger partial charge on any atom is -0.493 e. The molecule has 9 heteroatoms. The van der Waals surface area contributed by atoms with Crippen molar-refractivity contribution in [3.63, 3.8) is 0 Å². The highest BCUT2D eigenvalue weighted by molar-refractivity contribution is 7.92. The first-order valence-electron chi connectivity index (χ1n) is 9.00. The predicted octanol–water partition coefficient (Wildman–Crippen LogP) is 2.11. The average Bonchev–Trinajstić information content (AvgIpc) is 2.71. The zero-order chi connectivity index (χ0) is 21.2. The molecule has 8 nitrogen and oxygen atoms in total. The van der Waals surface area contributed by atoms with Gasteiger partial charge in [0.25, 0.3) is 5.91 Å². The van der Waals surface area contributed by atoms with Gasteiger partial charge in [0.15, 0.2) is 17.6 Å². The SMILES string of the molecule is COc1ccc([C@H](C)NC(=O)[C@H]2CN(S(C)(=O)=O)c3ccccc3O2)cc1OC. The number of rotatable bonds is 6. The Morgan fingerprint density at radius 3 is 2.52 bits per heavy atom. The Labute approximate surface area is 170 Å². The van der Waals surface area contributed by atoms with Gasteiger partial charge < -0.3 is 19.5 Å². The summed E-state index contributed by atoms with van der Waals surface area (Å²) in [7, 11) is -0.470. The molecule has 0 spiro atoms. The van der Waals surface area contributed by atoms with Crippen molar-refractivity contribution in [3.8, 4) is 17.2 Å². The van der Waals surface area contributed by atoms with Crippen LogP contribution >= 0.6 is 0 Å². The van der Waals surface area contributed by atoms with Crippen molar-refractivity contribution in [2.75, 3.05) is 31.3 Å². The molecule has 1 aliphatic rings. The van der Waals surface area contributed by atoms with Crippen LogP contribution in [0.3, 0.4) is 0 Å². The van der Waals surface area contributed by atoms with Gasteiger partial charge >= 0.3 is 0 Å². The van der Waals surface area contributed by atoms with Gasteiger partial charge in [0, 0.05) is 0 Å². The van der Waals surface area contributed by atoms with Crippen LogP contribution in [0.25, 0.3) is 0 Å². The number of methoxy groups -OCH3 is 2. The van der Waals surface area contributed by atoms with Gasteiger partial charge in [0.2, 0.25) is 10.0 Å². The van der Waals surface area contributed by atoms with Crippen molar-refractivity contribution < 1.29 is 27.4 Å². The molecule has 29 heavy (non-hydrogen) atoms. The maximum absolute atomic E-state index is 12.8. The molecule has 2 aromatic carbocycles. The number of ether oxygens (including phenoxy) is 3. The number of nitrogens with zero attached hydrogens (tertiary/aromatic N) is 1. The van der Waals surface area contributed by atoms with Crippen molar-refractivity contribution in [2.24, 2.45) is 0 Å². The third kappa shape index (κ3) is 4.40. The zero-order valence-electron chi connectivity index (χ0n) is 16.7. The first-order chi connectivity index (χ1) is 13.7. The molecule has 156 valence electrons. The highest BCUT2D eigenvalue weighted by atomic mass is 32.2. The Hall–Kier alpha value is -2.94. The van der Waals surface area contributed by atoms with E-state index in [4.69, 9.17) is 14.2 Å². The smallest absolute Gasteiger partial charge is 0.263 e. The Bertz CT molecular complexity index is 1010. The molecule has 0 radical (unpaired) electrons. The Morgan fingerprint density at radius 1 is 1.17 bits per heavy atom. The fourth-order valence-corrected chi connectivity index (χ4v) is 4.08. The molecule has 1 heterocycles. The van der Waals surface area contributed by atoms with E-state index in [9.17, 15) is 13.2 Å². The number of hydrogen-bond acceptors (Lipinski definition) is 6. The van der Waals surface area contributed by atoms with Crippen molar-refractivity contribution in [1.82, 2.24) is 5.32 Å². The number of amides is 1. The minimum absolute atomic E-state index is 0.0969. The van der Waals surface area contributed by atoms with Gasteiger partial charge in [0.1, 0.15) is 5.75 Å². The second-order valence-corrected chi connectivity index (χ2v) is 8.62. The summed E-state index contributed by atoms with van der Waals surface area (Å²) in [4.78, 5) is 12.8. The van der Waals surface area contributed by atoms with E-state index in [0.717, 1.165) is 11.8 Å². The number of hydrogen-bond donors (Lipinski definition) is 1. The zero-order valence-corrected chi connectivity index (χ0v) is 17.5. The van der Waals surface area contributed by atoms with Crippen LogP contribution in [0.1, 0.15) is 18.5 Å². The number of sulfonamides is 1. The third-order valence-electron chi connectivity index (χ3n) is 4.69. The number of anilines is 1. The number of nitrogens with one attached hydrogen (secondary N) is 1. The molecule has 1 aliphatic heterocycles. The van der Waals surface area contributed by atoms with Crippen molar-refractivity contribution >= 4 is 21.6 Å². The van der Waals surface area contributed by atoms with E-state index < -0.39 is 22.0 Å². The molecule has 2 aromatic rings. The van der Waals surface area contributed by atoms with Gasteiger partial charge in [-0.1, -0.05) is 18.2 Å². The summed E-state index contributed by atoms with van der Waals surface area (Å²) >= 11 is 0. The van der Waals surface area contributed by atoms with E-state index in [-0.39, 0.29) is 12.6 Å². The molecule has 1 amide bonds. The lowest BCUT2D eigenvalue weighted by molar-refractivity contribution is -0.128. The average molecular weight is 420 g/mol. The number of fused-ring (bicyclic) bond motifs is 1. The molecule has 0 fully saturated rings. The molecule has 0 saturated heterocycles. The lowest BCUT2D eigenvalue weighted by Gasteiger charge is -2.34. The number of carbonyl (C=O) groups is 1. The van der Waals surface area contributed by atoms with Crippen molar-refractivity contribution in [2.45, 2.75) is 19.1 Å². The summed E-state index contributed by atoms with van der Waals surface area (Å²) in [5.41, 5.74) is 1.24. The van der Waals surface area contributed by atoms with Crippen LogP contribution in [0.4, 0.5) is 5.69 Å². The van der Waals surface area contributed by atoms with Gasteiger partial charge in [-0.3, -0.25) is 9.10 Å². The highest BCUT2D eigenvalue weighted by Crippen LogP contribution is 2.35. The molecular weight excluding hydrogens is 396 g/mol. The molecule has 0 bridgehead atoms. The summed E-state index contributed by atoms with van der Waals surface area (Å²) in [6.07, 6.45) is 0.137. The van der Waals surface area contributed by atoms with E-state index in [1.807, 2.05) is 13.0 Å². The fourth-order valence-electron chi connectivity index (χ4n) is 3.16. The van der Waals surface area contributed by atoms with Crippen molar-refractivity contribution in [3.05, 3.63) is 48.0 Å². The highest BCUT2D eigenvalue weighted by Gasteiger charge is 2.35. The molecule has 3 rings (SSSR count). The molecule has 1 N–H and O–H groups in total. The maximum atomic E-state index is 12.8. The normalized spacial score (nSPS) is 17.0. The van der Waals surface area contributed by atoms with Gasteiger partial charge in [-0.25, -0.2) is 8.42 Å². The van der Waals surface area contributed by atoms with Crippen LogP contribution in [-0.2, 0) is 14.8 Å². The predicted molar refractivity (Wildman–Crippen MR) is 109 cm³/mol. The van der Waals surface area contributed by atoms with Crippen LogP contribution < -0.4 is 23.8 Å². The lowest BCUT2D eigenvalue weighted by Crippen LogP contribution is -2.50. The van der Waals surface area contributed by atoms with E-state index in [2.05, 4.69) is 5.32 Å². The molecule has 0 aliphatic carbocycles. The van der Waals surface area contributed by atoms with Crippen LogP contribution in [0.2, 0.25) is 0 Å². The van der Waals surface area contributed by atoms with E-state index in [0.29, 0.717) is 22.9 Å². The third-order valence-corrected chi connectivity index (χ3v) is 5.84. The summed E-state index contributed by atoms with van der Waals surface area (Å²) in [6.45, 7) is 1.73. The molecule has 0 aromatic heterocycles. The second-order valence-electron chi connectivity index (χ2n) is 6.71. The topological polar surface area (TPSA) is 94.2 Å². The van der Waals surface area contributed by atoms with E-state index in [1.54, 1.807) is 43.5 Å². The first-order valence-corrected chi connectivity index (χ1v) is 10.8. The van der Waals surface area contributed by atoms with Gasteiger partial charge in [-0.15, -0.1) is 0 Å². The summed E-state index contributed by atoms with van der Waals surface area (Å²) < 4.78 is 41.9. The Balaban J connectivity index is 1.79. The first kappa shape index (κ1) is 20.8. The fraction of sp³-hybridized carbons (Fsp3) is 0.350. The number of carbonyl (C=O) groups excluding carboxylic acids is 1. The van der Waals surface area contributed by atoms with Gasteiger partial charge in [-0.05, 0) is 36.8 Å². The Morgan fingerprint density at radius 2 is 1.86 bits per heavy atom. The van der Waals surface area contributed by atoms with Gasteiger partial charge in [0.05, 0.1) is 38.7 Å². The summed E-state index contributed by atoms with van der Waals surface area (Å²) in [5, 5.41) is 2.88. The van der Waals surface area contributed by atoms with Crippen LogP contribution in [-0.4, -0.2) is 47.4 Å². The van der Waals surface area contributed by atoms with Gasteiger partial charge in [-0.2, -0.15) is 0 Å². The molecule has 0 saturated carbocycles. The summed E-state index contributed by atoms with van der Waals surface area (Å²) in [5.74, 6) is 1.08. The largest absolute Gasteiger partial charge is 0.493 e. The number of benzene rings is 2. The number of para-hydroxylation sites is 2. The molecule has 2 atom stereocenters. The summed E-state index contributed by atoms with van der Waals surface area (Å²) in [6, 6.07) is 11.8. The van der Waals surface area contributed by atoms with Crippen LogP contribution in [0.5, 0.6) is 17.2 Å². The molecular formula is C20H24N2O6S. The van der Waals surface area contributed by atoms with E-state index >= 15 is 0 Å².